The molecule has 0 aliphatic carbocycles. The van der Waals surface area contributed by atoms with Crippen LogP contribution in [0.3, 0.4) is 0 Å². The van der Waals surface area contributed by atoms with Gasteiger partial charge in [0.15, 0.2) is 0 Å². The predicted molar refractivity (Wildman–Crippen MR) is 125 cm³/mol. The van der Waals surface area contributed by atoms with Crippen LogP contribution in [0.2, 0.25) is 5.02 Å². The van der Waals surface area contributed by atoms with Gasteiger partial charge < -0.3 is 10.6 Å². The highest BCUT2D eigenvalue weighted by Crippen LogP contribution is 2.43. The molecule has 0 radical (unpaired) electrons. The first-order chi connectivity index (χ1) is 14.5. The maximum atomic E-state index is 13.4. The summed E-state index contributed by atoms with van der Waals surface area (Å²) in [6.45, 7) is 7.54. The number of carbonyl (C=O) groups is 1. The number of benzene rings is 2. The van der Waals surface area contributed by atoms with Gasteiger partial charge in [0, 0.05) is 27.7 Å². The van der Waals surface area contributed by atoms with Crippen molar-refractivity contribution in [1.82, 2.24) is 5.32 Å². The number of rotatable bonds is 6. The summed E-state index contributed by atoms with van der Waals surface area (Å²) < 4.78 is 0. The molecule has 0 bridgehead atoms. The maximum absolute atomic E-state index is 13.4. The molecule has 1 aliphatic rings. The number of thioether (sulfide) groups is 1. The number of nitrogens with one attached hydrogen (secondary N) is 2. The second-order valence-corrected chi connectivity index (χ2v) is 8.28. The van der Waals surface area contributed by atoms with Crippen molar-refractivity contribution in [2.75, 3.05) is 11.1 Å². The molecule has 0 fully saturated rings. The number of nitrogens with zero attached hydrogens (tertiary/aromatic N) is 1. The third kappa shape index (κ3) is 4.46. The van der Waals surface area contributed by atoms with E-state index < -0.39 is 5.92 Å². The normalized spacial score (nSPS) is 16.0. The number of carbonyl (C=O) groups excluding carboxylic acids is 1. The van der Waals surface area contributed by atoms with E-state index in [4.69, 9.17) is 11.6 Å². The predicted octanol–water partition coefficient (Wildman–Crippen LogP) is 5.90. The smallest absolute Gasteiger partial charge is 0.254 e. The van der Waals surface area contributed by atoms with Gasteiger partial charge in [-0.3, -0.25) is 4.79 Å². The first-order valence-corrected chi connectivity index (χ1v) is 10.8. The van der Waals surface area contributed by atoms with Crippen LogP contribution in [0.5, 0.6) is 0 Å². The molecule has 0 saturated carbocycles. The largest absolute Gasteiger partial charge is 0.353 e. The Kier molecular flexibility index (Phi) is 7.04. The summed E-state index contributed by atoms with van der Waals surface area (Å²) in [6, 6.07) is 17.2. The molecule has 1 heterocycles. The molecule has 3 rings (SSSR count). The van der Waals surface area contributed by atoms with Crippen LogP contribution in [0.25, 0.3) is 0 Å². The molecule has 30 heavy (non-hydrogen) atoms. The Morgan fingerprint density at radius 2 is 1.97 bits per heavy atom. The van der Waals surface area contributed by atoms with Gasteiger partial charge in [-0.15, -0.1) is 18.3 Å². The van der Waals surface area contributed by atoms with Crippen LogP contribution in [-0.4, -0.2) is 11.7 Å². The molecule has 0 unspecified atom stereocenters. The maximum Gasteiger partial charge on any atom is 0.254 e. The third-order valence-electron chi connectivity index (χ3n) is 4.85. The van der Waals surface area contributed by atoms with E-state index in [2.05, 4.69) is 23.3 Å². The summed E-state index contributed by atoms with van der Waals surface area (Å²) in [6.07, 6.45) is 1.78. The molecule has 1 aliphatic heterocycles. The molecule has 2 N–H and O–H groups in total. The van der Waals surface area contributed by atoms with Gasteiger partial charge in [-0.05, 0) is 37.1 Å². The number of nitriles is 1. The summed E-state index contributed by atoms with van der Waals surface area (Å²) in [5, 5.41) is 17.5. The number of halogens is 1. The Morgan fingerprint density at radius 1 is 1.27 bits per heavy atom. The lowest BCUT2D eigenvalue weighted by Gasteiger charge is -2.30. The zero-order valence-electron chi connectivity index (χ0n) is 16.8. The van der Waals surface area contributed by atoms with Gasteiger partial charge >= 0.3 is 0 Å². The monoisotopic (exact) mass is 435 g/mol. The van der Waals surface area contributed by atoms with Crippen molar-refractivity contribution in [3.63, 3.8) is 0 Å². The van der Waals surface area contributed by atoms with E-state index in [1.807, 2.05) is 56.3 Å². The second kappa shape index (κ2) is 9.71. The van der Waals surface area contributed by atoms with Gasteiger partial charge in [-0.1, -0.05) is 54.1 Å². The molecule has 1 atom stereocenters. The topological polar surface area (TPSA) is 64.9 Å². The lowest BCUT2D eigenvalue weighted by atomic mass is 9.82. The molecular formula is C24H22ClN3OS. The van der Waals surface area contributed by atoms with Crippen molar-refractivity contribution in [2.45, 2.75) is 19.8 Å². The minimum absolute atomic E-state index is 0.264. The van der Waals surface area contributed by atoms with Gasteiger partial charge in [0.2, 0.25) is 0 Å². The number of para-hydroxylation sites is 1. The van der Waals surface area contributed by atoms with E-state index in [-0.39, 0.29) is 5.91 Å². The zero-order chi connectivity index (χ0) is 21.7. The van der Waals surface area contributed by atoms with E-state index in [0.29, 0.717) is 32.6 Å². The Balaban J connectivity index is 2.11. The Labute approximate surface area is 186 Å². The number of hydrogen-bond donors (Lipinski definition) is 2. The van der Waals surface area contributed by atoms with E-state index in [1.165, 1.54) is 11.8 Å². The molecule has 6 heteroatoms. The first kappa shape index (κ1) is 21.8. The summed E-state index contributed by atoms with van der Waals surface area (Å²) in [5.74, 6) is -0.193. The summed E-state index contributed by atoms with van der Waals surface area (Å²) >= 11 is 7.98. The number of aryl methyl sites for hydroxylation is 1. The highest BCUT2D eigenvalue weighted by atomic mass is 35.5. The van der Waals surface area contributed by atoms with Crippen LogP contribution in [0.15, 0.2) is 83.1 Å². The standard InChI is InChI=1S/C24H22ClN3OS/c1-4-13-30-24-18(14-26)22(17-10-6-7-11-19(17)25)21(16(3)27-24)23(29)28-20-12-8-5-9-15(20)2/h4-12,22,27H,1,13H2,2-3H3,(H,28,29)/t22-/m0/s1. The fourth-order valence-electron chi connectivity index (χ4n) is 3.39. The average molecular weight is 436 g/mol. The molecule has 4 nitrogen and oxygen atoms in total. The molecule has 0 aromatic heterocycles. The molecule has 2 aromatic rings. The van der Waals surface area contributed by atoms with Crippen molar-refractivity contribution in [2.24, 2.45) is 0 Å². The summed E-state index contributed by atoms with van der Waals surface area (Å²) in [4.78, 5) is 13.4. The number of allylic oxidation sites excluding steroid dienone is 2. The van der Waals surface area contributed by atoms with Crippen LogP contribution in [0.4, 0.5) is 5.69 Å². The molecule has 2 aromatic carbocycles. The third-order valence-corrected chi connectivity index (χ3v) is 6.20. The highest BCUT2D eigenvalue weighted by Gasteiger charge is 2.35. The minimum atomic E-state index is -0.568. The van der Waals surface area contributed by atoms with Gasteiger partial charge in [-0.2, -0.15) is 5.26 Å². The van der Waals surface area contributed by atoms with Crippen LogP contribution in [0, 0.1) is 18.3 Å². The van der Waals surface area contributed by atoms with Gasteiger partial charge in [0.05, 0.1) is 22.6 Å². The lowest BCUT2D eigenvalue weighted by molar-refractivity contribution is -0.113. The number of amides is 1. The zero-order valence-corrected chi connectivity index (χ0v) is 18.4. The molecular weight excluding hydrogens is 414 g/mol. The number of dihydropyridines is 1. The van der Waals surface area contributed by atoms with E-state index in [9.17, 15) is 10.1 Å². The number of anilines is 1. The van der Waals surface area contributed by atoms with Gasteiger partial charge in [-0.25, -0.2) is 0 Å². The van der Waals surface area contributed by atoms with Crippen molar-refractivity contribution in [3.8, 4) is 6.07 Å². The summed E-state index contributed by atoms with van der Waals surface area (Å²) in [5.41, 5.74) is 4.05. The second-order valence-electron chi connectivity index (χ2n) is 6.84. The molecule has 0 spiro atoms. The van der Waals surface area contributed by atoms with E-state index in [0.717, 1.165) is 16.8 Å². The Bertz CT molecular complexity index is 1100. The first-order valence-electron chi connectivity index (χ1n) is 9.45. The van der Waals surface area contributed by atoms with Gasteiger partial charge in [0.1, 0.15) is 0 Å². The van der Waals surface area contributed by atoms with Crippen molar-refractivity contribution in [3.05, 3.63) is 99.2 Å². The SMILES string of the molecule is C=CCSC1=C(C#N)[C@H](c2ccccc2Cl)C(C(=O)Nc2ccccc2C)=C(C)N1. The molecule has 0 saturated heterocycles. The lowest BCUT2D eigenvalue weighted by Crippen LogP contribution is -2.31. The molecule has 1 amide bonds. The van der Waals surface area contributed by atoms with E-state index >= 15 is 0 Å². The molecule has 152 valence electrons. The van der Waals surface area contributed by atoms with Gasteiger partial charge in [0.25, 0.3) is 5.91 Å². The van der Waals surface area contributed by atoms with Crippen molar-refractivity contribution < 1.29 is 4.79 Å². The Hall–Kier alpha value is -2.94. The van der Waals surface area contributed by atoms with Crippen LogP contribution >= 0.6 is 23.4 Å². The quantitative estimate of drug-likeness (QED) is 0.554. The van der Waals surface area contributed by atoms with Crippen molar-refractivity contribution in [1.29, 1.82) is 5.26 Å². The van der Waals surface area contributed by atoms with Crippen LogP contribution < -0.4 is 10.6 Å². The van der Waals surface area contributed by atoms with Crippen LogP contribution in [-0.2, 0) is 4.79 Å². The van der Waals surface area contributed by atoms with Crippen molar-refractivity contribution >= 4 is 35.0 Å². The average Bonchev–Trinajstić information content (AvgIpc) is 2.73. The fraction of sp³-hybridized carbons (Fsp3) is 0.167. The highest BCUT2D eigenvalue weighted by molar-refractivity contribution is 8.03. The number of hydrogen-bond acceptors (Lipinski definition) is 4. The fourth-order valence-corrected chi connectivity index (χ4v) is 4.47. The minimum Gasteiger partial charge on any atom is -0.353 e. The van der Waals surface area contributed by atoms with E-state index in [1.54, 1.807) is 12.1 Å². The summed E-state index contributed by atoms with van der Waals surface area (Å²) in [7, 11) is 0. The van der Waals surface area contributed by atoms with Crippen LogP contribution in [0.1, 0.15) is 24.0 Å². The Morgan fingerprint density at radius 3 is 2.63 bits per heavy atom.